The Morgan fingerprint density at radius 1 is 1.27 bits per heavy atom. The van der Waals surface area contributed by atoms with Crippen LogP contribution in [-0.2, 0) is 4.65 Å². The topological polar surface area (TPSA) is 60.2 Å². The maximum atomic E-state index is 10.1. The molecule has 5 nitrogen and oxygen atoms in total. The average molecular weight is 301 g/mol. The maximum Gasteiger partial charge on any atom is 0.312 e. The van der Waals surface area contributed by atoms with Gasteiger partial charge in [-0.05, 0) is 52.2 Å². The van der Waals surface area contributed by atoms with Crippen LogP contribution >= 0.6 is 0 Å². The molecule has 1 atom stereocenters. The van der Waals surface area contributed by atoms with E-state index in [-0.39, 0.29) is 6.04 Å². The molecule has 6 heteroatoms. The van der Waals surface area contributed by atoms with Gasteiger partial charge in [-0.1, -0.05) is 6.07 Å². The second-order valence-electron chi connectivity index (χ2n) is 6.62. The highest BCUT2D eigenvalue weighted by molar-refractivity contribution is 6.46. The molecule has 0 aliphatic heterocycles. The lowest BCUT2D eigenvalue weighted by molar-refractivity contribution is -0.0893. The van der Waals surface area contributed by atoms with Crippen LogP contribution in [0, 0.1) is 0 Å². The lowest BCUT2D eigenvalue weighted by Crippen LogP contribution is -2.49. The molecule has 0 aromatic carbocycles. The van der Waals surface area contributed by atoms with E-state index in [9.17, 15) is 5.11 Å². The van der Waals surface area contributed by atoms with Crippen molar-refractivity contribution in [3.8, 4) is 0 Å². The summed E-state index contributed by atoms with van der Waals surface area (Å²) in [7, 11) is 0.409. The summed E-state index contributed by atoms with van der Waals surface area (Å²) in [5, 5.41) is 14.5. The number of aliphatic hydroxyl groups is 1. The lowest BCUT2D eigenvalue weighted by atomic mass is 9.84. The lowest BCUT2D eigenvalue weighted by Gasteiger charge is -2.37. The Balaban J connectivity index is 2.03. The first-order chi connectivity index (χ1) is 10.2. The minimum atomic E-state index is -0.912. The first kappa shape index (κ1) is 16.7. The van der Waals surface area contributed by atoms with Crippen molar-refractivity contribution in [1.29, 1.82) is 0 Å². The molecule has 2 aromatic heterocycles. The zero-order valence-corrected chi connectivity index (χ0v) is 13.9. The number of rotatable bonds is 6. The molecule has 1 unspecified atom stereocenters. The van der Waals surface area contributed by atoms with Crippen LogP contribution in [0.5, 0.6) is 0 Å². The van der Waals surface area contributed by atoms with Crippen LogP contribution in [0.2, 0.25) is 0 Å². The zero-order valence-electron chi connectivity index (χ0n) is 13.9. The van der Waals surface area contributed by atoms with Crippen LogP contribution in [0.4, 0.5) is 0 Å². The average Bonchev–Trinajstić information content (AvgIpc) is 2.93. The minimum Gasteiger partial charge on any atom is -0.427 e. The first-order valence-corrected chi connectivity index (χ1v) is 7.51. The number of hydrogen-bond donors (Lipinski definition) is 1. The summed E-state index contributed by atoms with van der Waals surface area (Å²) in [5.74, 6) is 0. The summed E-state index contributed by atoms with van der Waals surface area (Å²) in [6.07, 6.45) is 5.53. The highest BCUT2D eigenvalue weighted by Crippen LogP contribution is 2.24. The second kappa shape index (κ2) is 6.22. The fraction of sp³-hybridized carbons (Fsp3) is 0.500. The van der Waals surface area contributed by atoms with E-state index in [4.69, 9.17) is 4.65 Å². The highest BCUT2D eigenvalue weighted by atomic mass is 16.5. The van der Waals surface area contributed by atoms with Gasteiger partial charge in [-0.15, -0.1) is 0 Å². The molecule has 0 amide bonds. The van der Waals surface area contributed by atoms with E-state index in [1.54, 1.807) is 26.2 Å². The molecule has 0 saturated carbocycles. The largest absolute Gasteiger partial charge is 0.427 e. The number of hydrogen-bond acceptors (Lipinski definition) is 4. The molecule has 0 saturated heterocycles. The van der Waals surface area contributed by atoms with Crippen LogP contribution in [0.3, 0.4) is 0 Å². The van der Waals surface area contributed by atoms with Crippen LogP contribution < -0.4 is 5.46 Å². The Labute approximate surface area is 132 Å². The van der Waals surface area contributed by atoms with Crippen LogP contribution in [-0.4, -0.2) is 38.6 Å². The van der Waals surface area contributed by atoms with Crippen molar-refractivity contribution in [3.63, 3.8) is 0 Å². The second-order valence-corrected chi connectivity index (χ2v) is 6.62. The molecule has 22 heavy (non-hydrogen) atoms. The van der Waals surface area contributed by atoms with Crippen LogP contribution in [0.15, 0.2) is 36.8 Å². The van der Waals surface area contributed by atoms with Crippen LogP contribution in [0.1, 0.15) is 46.4 Å². The third-order valence-electron chi connectivity index (χ3n) is 4.24. The van der Waals surface area contributed by atoms with Crippen molar-refractivity contribution < 1.29 is 9.76 Å². The summed E-state index contributed by atoms with van der Waals surface area (Å²) in [4.78, 5) is 4.36. The molecule has 2 heterocycles. The Kier molecular flexibility index (Phi) is 4.73. The first-order valence-electron chi connectivity index (χ1n) is 7.51. The third kappa shape index (κ3) is 3.75. The normalized spacial score (nSPS) is 13.9. The molecule has 2 aromatic rings. The smallest absolute Gasteiger partial charge is 0.312 e. The maximum absolute atomic E-state index is 10.1. The summed E-state index contributed by atoms with van der Waals surface area (Å²) in [5.41, 5.74) is 0.390. The third-order valence-corrected chi connectivity index (χ3v) is 4.24. The molecule has 0 aliphatic carbocycles. The van der Waals surface area contributed by atoms with Crippen molar-refractivity contribution in [3.05, 3.63) is 42.5 Å². The van der Waals surface area contributed by atoms with Gasteiger partial charge in [0.2, 0.25) is 0 Å². The minimum absolute atomic E-state index is 0.0669. The summed E-state index contributed by atoms with van der Waals surface area (Å²) >= 11 is 0. The van der Waals surface area contributed by atoms with E-state index in [2.05, 4.69) is 17.0 Å². The van der Waals surface area contributed by atoms with E-state index in [0.717, 1.165) is 11.2 Å². The molecular weight excluding hydrogens is 277 g/mol. The fourth-order valence-corrected chi connectivity index (χ4v) is 1.86. The number of nitrogens with zero attached hydrogens (tertiary/aromatic N) is 3. The van der Waals surface area contributed by atoms with Gasteiger partial charge >= 0.3 is 7.48 Å². The molecule has 0 spiro atoms. The Hall–Kier alpha value is -1.66. The standard InChI is InChI=1S/C16H24BN3O2/c1-12(14-8-6-7-9-18-14)20-11-13(10-19-20)17-22-16(4,5)15(2,3)21/h6-12,17,21H,1-5H3. The van der Waals surface area contributed by atoms with Crippen molar-refractivity contribution in [2.45, 2.75) is 51.9 Å². The predicted molar refractivity (Wildman–Crippen MR) is 88.5 cm³/mol. The molecule has 0 fully saturated rings. The Bertz CT molecular complexity index is 605. The van der Waals surface area contributed by atoms with E-state index < -0.39 is 11.2 Å². The predicted octanol–water partition coefficient (Wildman–Crippen LogP) is 1.43. The Morgan fingerprint density at radius 2 is 2.00 bits per heavy atom. The Morgan fingerprint density at radius 3 is 2.59 bits per heavy atom. The van der Waals surface area contributed by atoms with E-state index in [1.165, 1.54) is 0 Å². The molecule has 0 bridgehead atoms. The molecule has 0 aliphatic rings. The number of aromatic nitrogens is 3. The van der Waals surface area contributed by atoms with E-state index in [1.807, 2.05) is 42.9 Å². The SMILES string of the molecule is CC(c1ccccn1)n1cc(BOC(C)(C)C(C)(C)O)cn1. The quantitative estimate of drug-likeness (QED) is 0.820. The van der Waals surface area contributed by atoms with Crippen molar-refractivity contribution in [2.24, 2.45) is 0 Å². The molecular formula is C16H24BN3O2. The fourth-order valence-electron chi connectivity index (χ4n) is 1.86. The van der Waals surface area contributed by atoms with E-state index in [0.29, 0.717) is 7.48 Å². The molecule has 118 valence electrons. The van der Waals surface area contributed by atoms with Gasteiger partial charge in [0.25, 0.3) is 0 Å². The van der Waals surface area contributed by atoms with Gasteiger partial charge in [0.15, 0.2) is 0 Å². The molecule has 0 radical (unpaired) electrons. The van der Waals surface area contributed by atoms with Gasteiger partial charge in [0.05, 0.1) is 22.9 Å². The van der Waals surface area contributed by atoms with Gasteiger partial charge in [0, 0.05) is 18.6 Å². The number of pyridine rings is 1. The summed E-state index contributed by atoms with van der Waals surface area (Å²) in [6, 6.07) is 5.92. The summed E-state index contributed by atoms with van der Waals surface area (Å²) < 4.78 is 7.73. The van der Waals surface area contributed by atoms with Gasteiger partial charge in [-0.25, -0.2) is 0 Å². The van der Waals surface area contributed by atoms with Gasteiger partial charge in [-0.2, -0.15) is 5.10 Å². The van der Waals surface area contributed by atoms with Crippen LogP contribution in [0.25, 0.3) is 0 Å². The van der Waals surface area contributed by atoms with Gasteiger partial charge in [0.1, 0.15) is 0 Å². The van der Waals surface area contributed by atoms with Crippen molar-refractivity contribution in [2.75, 3.05) is 0 Å². The zero-order chi connectivity index (χ0) is 16.4. The summed E-state index contributed by atoms with van der Waals surface area (Å²) in [6.45, 7) is 9.32. The van der Waals surface area contributed by atoms with Gasteiger partial charge < -0.3 is 9.76 Å². The van der Waals surface area contributed by atoms with Gasteiger partial charge in [-0.3, -0.25) is 9.67 Å². The molecule has 1 N–H and O–H groups in total. The monoisotopic (exact) mass is 301 g/mol. The molecule has 2 rings (SSSR count). The van der Waals surface area contributed by atoms with Crippen molar-refractivity contribution in [1.82, 2.24) is 14.8 Å². The van der Waals surface area contributed by atoms with E-state index >= 15 is 0 Å². The highest BCUT2D eigenvalue weighted by Gasteiger charge is 2.35. The van der Waals surface area contributed by atoms with Crippen molar-refractivity contribution >= 4 is 12.9 Å².